The molecular formula is C43H37Cl2NO5-2. The molecule has 0 saturated heterocycles. The van der Waals surface area contributed by atoms with Gasteiger partial charge in [-0.25, -0.2) is 0 Å². The van der Waals surface area contributed by atoms with Crippen LogP contribution in [0.5, 0.6) is 11.5 Å². The highest BCUT2D eigenvalue weighted by Gasteiger charge is 2.42. The number of carbonyl (C=O) groups is 2. The minimum atomic E-state index is -1.58. The summed E-state index contributed by atoms with van der Waals surface area (Å²) >= 11 is 13.8. The minimum absolute atomic E-state index is 0.0331. The van der Waals surface area contributed by atoms with Gasteiger partial charge in [-0.1, -0.05) is 106 Å². The molecule has 6 nitrogen and oxygen atoms in total. The van der Waals surface area contributed by atoms with Crippen molar-refractivity contribution in [3.8, 4) is 11.5 Å². The first-order valence-electron chi connectivity index (χ1n) is 17.3. The first kappa shape index (κ1) is 33.6. The van der Waals surface area contributed by atoms with Gasteiger partial charge in [-0.15, -0.1) is 0 Å². The van der Waals surface area contributed by atoms with Crippen molar-refractivity contribution in [2.24, 2.45) is 5.41 Å². The summed E-state index contributed by atoms with van der Waals surface area (Å²) in [7, 11) is 2.10. The molecule has 0 saturated carbocycles. The average Bonchev–Trinajstić information content (AvgIpc) is 3.05. The van der Waals surface area contributed by atoms with E-state index in [9.17, 15) is 19.8 Å². The molecule has 1 aliphatic carbocycles. The maximum Gasteiger partial charge on any atom is 0.141 e. The van der Waals surface area contributed by atoms with Crippen LogP contribution < -0.4 is 30.3 Å². The van der Waals surface area contributed by atoms with E-state index in [1.807, 2.05) is 36.4 Å². The summed E-state index contributed by atoms with van der Waals surface area (Å²) in [6, 6.07) is 17.0. The number of halogens is 2. The molecule has 2 aliphatic heterocycles. The van der Waals surface area contributed by atoms with Crippen molar-refractivity contribution in [3.63, 3.8) is 0 Å². The van der Waals surface area contributed by atoms with E-state index in [0.717, 1.165) is 62.5 Å². The zero-order valence-electron chi connectivity index (χ0n) is 29.6. The van der Waals surface area contributed by atoms with Crippen LogP contribution in [0.25, 0.3) is 33.2 Å². The molecule has 0 aromatic heterocycles. The Morgan fingerprint density at radius 3 is 2.06 bits per heavy atom. The van der Waals surface area contributed by atoms with Crippen LogP contribution >= 0.6 is 23.2 Å². The van der Waals surface area contributed by atoms with Crippen LogP contribution in [0.15, 0.2) is 54.6 Å². The monoisotopic (exact) mass is 717 g/mol. The number of carbonyl (C=O) groups excluding carboxylic acids is 2. The molecule has 2 unspecified atom stereocenters. The van der Waals surface area contributed by atoms with Gasteiger partial charge >= 0.3 is 0 Å². The first-order chi connectivity index (χ1) is 24.0. The Bertz CT molecular complexity index is 2550. The summed E-state index contributed by atoms with van der Waals surface area (Å²) in [6.07, 6.45) is 4.00. The fraction of sp³-hybridized carbons (Fsp3) is 0.302. The summed E-state index contributed by atoms with van der Waals surface area (Å²) in [5.41, 5.74) is 3.02. The zero-order chi connectivity index (χ0) is 36.5. The number of rotatable bonds is 3. The molecule has 0 radical (unpaired) electrons. The van der Waals surface area contributed by atoms with Crippen LogP contribution in [-0.2, 0) is 0 Å². The van der Waals surface area contributed by atoms with Crippen molar-refractivity contribution in [1.29, 1.82) is 0 Å². The number of carboxylic acids is 2. The Hall–Kier alpha value is -4.52. The van der Waals surface area contributed by atoms with Gasteiger partial charge in [0.1, 0.15) is 11.5 Å². The first-order valence-corrected chi connectivity index (χ1v) is 18.1. The van der Waals surface area contributed by atoms with Crippen molar-refractivity contribution in [3.05, 3.63) is 108 Å². The number of nitrogens with zero attached hydrogens (tertiary/aromatic N) is 1. The fourth-order valence-electron chi connectivity index (χ4n) is 9.37. The minimum Gasteiger partial charge on any atom is -0.545 e. The lowest BCUT2D eigenvalue weighted by molar-refractivity contribution is -0.256. The highest BCUT2D eigenvalue weighted by Crippen LogP contribution is 2.57. The second-order valence-electron chi connectivity index (χ2n) is 15.8. The van der Waals surface area contributed by atoms with E-state index < -0.39 is 23.1 Å². The lowest BCUT2D eigenvalue weighted by Crippen LogP contribution is -2.46. The van der Waals surface area contributed by atoms with Crippen LogP contribution in [-0.4, -0.2) is 24.5 Å². The molecule has 8 rings (SSSR count). The third-order valence-electron chi connectivity index (χ3n) is 11.4. The number of ether oxygens (including phenoxy) is 1. The second kappa shape index (κ2) is 11.2. The molecule has 5 aromatic rings. The van der Waals surface area contributed by atoms with Gasteiger partial charge in [0, 0.05) is 62.1 Å². The van der Waals surface area contributed by atoms with E-state index in [1.165, 1.54) is 0 Å². The zero-order valence-corrected chi connectivity index (χ0v) is 31.1. The van der Waals surface area contributed by atoms with Crippen molar-refractivity contribution >= 4 is 74.0 Å². The molecule has 260 valence electrons. The molecule has 5 aromatic carbocycles. The van der Waals surface area contributed by atoms with Gasteiger partial charge in [0.2, 0.25) is 0 Å². The smallest absolute Gasteiger partial charge is 0.141 e. The molecule has 0 fully saturated rings. The fourth-order valence-corrected chi connectivity index (χ4v) is 9.97. The molecule has 8 heteroatoms. The van der Waals surface area contributed by atoms with E-state index in [2.05, 4.69) is 71.7 Å². The molecular weight excluding hydrogens is 681 g/mol. The van der Waals surface area contributed by atoms with Gasteiger partial charge in [-0.3, -0.25) is 0 Å². The number of carboxylic acid groups (broad SMARTS) is 2. The van der Waals surface area contributed by atoms with E-state index in [0.29, 0.717) is 27.9 Å². The molecule has 2 heterocycles. The normalized spacial score (nSPS) is 19.8. The third kappa shape index (κ3) is 4.75. The predicted molar refractivity (Wildman–Crippen MR) is 201 cm³/mol. The van der Waals surface area contributed by atoms with Crippen LogP contribution in [0.3, 0.4) is 0 Å². The second-order valence-corrected chi connectivity index (χ2v) is 16.6. The van der Waals surface area contributed by atoms with Gasteiger partial charge in [-0.05, 0) is 71.4 Å². The molecule has 0 bridgehead atoms. The summed E-state index contributed by atoms with van der Waals surface area (Å²) in [6.45, 7) is 13.3. The summed E-state index contributed by atoms with van der Waals surface area (Å²) < 4.78 is 7.38. The maximum absolute atomic E-state index is 13.2. The number of hydrogen-bond donors (Lipinski definition) is 0. The predicted octanol–water partition coefficient (Wildman–Crippen LogP) is 7.42. The van der Waals surface area contributed by atoms with Crippen LogP contribution in [0, 0.1) is 5.41 Å². The standard InChI is InChI=1S/C43H39Cl2NO5/c1-20-17-42(3,4)19-27-22-12-8-9-13-23(22)31-34(35-33(41(49)50)28(44)16-26(36(35)45)40(47)48)32-24-14-10-11-15-25(24)37-30(39(32)51-38(31)29(20)27)21(2)18-43(5,6)46(37)7/h8-16,19-21H,17-18H2,1-7H3,(H,47,48)(H,49,50)/p-2. The van der Waals surface area contributed by atoms with Crippen molar-refractivity contribution in [1.82, 2.24) is 0 Å². The lowest BCUT2D eigenvalue weighted by Gasteiger charge is -2.47. The number of hydrogen-bond acceptors (Lipinski definition) is 6. The van der Waals surface area contributed by atoms with Crippen molar-refractivity contribution in [2.75, 3.05) is 11.9 Å². The average molecular weight is 719 g/mol. The number of aromatic carboxylic acids is 2. The Balaban J connectivity index is 1.74. The summed E-state index contributed by atoms with van der Waals surface area (Å²) in [4.78, 5) is 28.0. The van der Waals surface area contributed by atoms with Gasteiger partial charge in [0.05, 0.1) is 27.7 Å². The van der Waals surface area contributed by atoms with Crippen LogP contribution in [0.4, 0.5) is 5.69 Å². The van der Waals surface area contributed by atoms with E-state index in [1.54, 1.807) is 0 Å². The Kier molecular flexibility index (Phi) is 7.41. The Morgan fingerprint density at radius 1 is 0.804 bits per heavy atom. The Labute approximate surface area is 306 Å². The largest absolute Gasteiger partial charge is 0.545 e. The van der Waals surface area contributed by atoms with Gasteiger partial charge in [0.25, 0.3) is 0 Å². The molecule has 0 N–H and O–H groups in total. The Morgan fingerprint density at radius 2 is 1.41 bits per heavy atom. The third-order valence-corrected chi connectivity index (χ3v) is 12.1. The van der Waals surface area contributed by atoms with Gasteiger partial charge in [-0.2, -0.15) is 0 Å². The van der Waals surface area contributed by atoms with E-state index in [-0.39, 0.29) is 38.4 Å². The van der Waals surface area contributed by atoms with Gasteiger partial charge < -0.3 is 29.4 Å². The van der Waals surface area contributed by atoms with Crippen molar-refractivity contribution < 1.29 is 24.5 Å². The summed E-state index contributed by atoms with van der Waals surface area (Å²) in [5, 5.41) is 30.4. The summed E-state index contributed by atoms with van der Waals surface area (Å²) in [5.74, 6) is -1.84. The lowest BCUT2D eigenvalue weighted by atomic mass is 9.72. The van der Waals surface area contributed by atoms with E-state index >= 15 is 0 Å². The molecule has 0 spiro atoms. The van der Waals surface area contributed by atoms with Crippen LogP contribution in [0.2, 0.25) is 10.0 Å². The number of anilines is 1. The number of benzene rings is 5. The molecule has 3 aliphatic rings. The SMILES string of the molecule is CC1CC(C)(C)N(C)c2c1c1c(c3ccccc23)C(c2c(Cl)c(C(=O)[O-])cc(Cl)c2C(=O)[O-])=c2c(c3c(c4ccccc24)=CC(C)(C)CC3C)O1. The molecule has 51 heavy (non-hydrogen) atoms. The number of fused-ring (bicyclic) bond motifs is 12. The van der Waals surface area contributed by atoms with Crippen molar-refractivity contribution in [2.45, 2.75) is 71.8 Å². The van der Waals surface area contributed by atoms with Gasteiger partial charge in [0.15, 0.2) is 0 Å². The quantitative estimate of drug-likeness (QED) is 0.189. The highest BCUT2D eigenvalue weighted by molar-refractivity contribution is 6.40. The topological polar surface area (TPSA) is 92.7 Å². The molecule has 2 atom stereocenters. The molecule has 0 amide bonds. The highest BCUT2D eigenvalue weighted by atomic mass is 35.5. The maximum atomic E-state index is 13.2. The van der Waals surface area contributed by atoms with Crippen LogP contribution in [0.1, 0.15) is 109 Å². The van der Waals surface area contributed by atoms with E-state index in [4.69, 9.17) is 27.9 Å².